The second-order valence-electron chi connectivity index (χ2n) is 6.90. The monoisotopic (exact) mass is 349 g/mol. The summed E-state index contributed by atoms with van der Waals surface area (Å²) in [4.78, 5) is 4.65. The van der Waals surface area contributed by atoms with Crippen LogP contribution in [0.2, 0.25) is 0 Å². The topological polar surface area (TPSA) is 22.1 Å². The molecule has 27 heavy (non-hydrogen) atoms. The van der Waals surface area contributed by atoms with E-state index in [2.05, 4.69) is 71.7 Å². The van der Waals surface area contributed by atoms with Gasteiger partial charge in [0, 0.05) is 27.8 Å². The Morgan fingerprint density at radius 2 is 1.41 bits per heavy atom. The molecule has 0 spiro atoms. The molecule has 2 heteroatoms. The molecule has 3 aromatic carbocycles. The molecule has 1 aliphatic rings. The summed E-state index contributed by atoms with van der Waals surface area (Å²) in [7, 11) is 0. The standard InChI is InChI=1S/C25H19NO/c1-18-12-13-21-22-16-17-25(19-8-4-2-5-9-19,20-10-6-3-7-11-20)27-24(22)15-14-23(21)26-18/h2-17H,1H3. The van der Waals surface area contributed by atoms with E-state index in [1.165, 1.54) is 0 Å². The van der Waals surface area contributed by atoms with Gasteiger partial charge in [-0.05, 0) is 37.3 Å². The maximum Gasteiger partial charge on any atom is 0.178 e. The van der Waals surface area contributed by atoms with E-state index in [9.17, 15) is 0 Å². The van der Waals surface area contributed by atoms with Crippen molar-refractivity contribution in [3.05, 3.63) is 113 Å². The predicted octanol–water partition coefficient (Wildman–Crippen LogP) is 5.89. The molecule has 0 aliphatic carbocycles. The quantitative estimate of drug-likeness (QED) is 0.450. The van der Waals surface area contributed by atoms with Gasteiger partial charge in [-0.1, -0.05) is 66.7 Å². The van der Waals surface area contributed by atoms with E-state index in [4.69, 9.17) is 4.74 Å². The SMILES string of the molecule is Cc1ccc2c3c(ccc2n1)OC(c1ccccc1)(c1ccccc1)C=C3. The van der Waals surface area contributed by atoms with Gasteiger partial charge in [0.25, 0.3) is 0 Å². The van der Waals surface area contributed by atoms with E-state index in [1.807, 2.05) is 37.3 Å². The van der Waals surface area contributed by atoms with Crippen molar-refractivity contribution < 1.29 is 4.74 Å². The van der Waals surface area contributed by atoms with Crippen LogP contribution >= 0.6 is 0 Å². The van der Waals surface area contributed by atoms with Crippen LogP contribution in [0.4, 0.5) is 0 Å². The summed E-state index contributed by atoms with van der Waals surface area (Å²) in [5.41, 5.74) is 4.68. The van der Waals surface area contributed by atoms with Crippen molar-refractivity contribution >= 4 is 17.0 Å². The molecular weight excluding hydrogens is 330 g/mol. The molecule has 0 radical (unpaired) electrons. The maximum absolute atomic E-state index is 6.72. The molecule has 4 aromatic rings. The highest BCUT2D eigenvalue weighted by molar-refractivity contribution is 5.91. The van der Waals surface area contributed by atoms with E-state index in [0.29, 0.717) is 0 Å². The molecule has 2 nitrogen and oxygen atoms in total. The number of pyridine rings is 1. The molecule has 1 aliphatic heterocycles. The normalized spacial score (nSPS) is 14.6. The van der Waals surface area contributed by atoms with Gasteiger partial charge in [0.2, 0.25) is 0 Å². The van der Waals surface area contributed by atoms with Crippen molar-refractivity contribution in [2.75, 3.05) is 0 Å². The van der Waals surface area contributed by atoms with Gasteiger partial charge in [-0.2, -0.15) is 0 Å². The van der Waals surface area contributed by atoms with Gasteiger partial charge in [-0.15, -0.1) is 0 Å². The minimum Gasteiger partial charge on any atom is -0.473 e. The lowest BCUT2D eigenvalue weighted by Crippen LogP contribution is -2.34. The summed E-state index contributed by atoms with van der Waals surface area (Å²) in [6.45, 7) is 2.01. The minimum absolute atomic E-state index is 0.638. The van der Waals surface area contributed by atoms with Gasteiger partial charge in [-0.3, -0.25) is 4.98 Å². The molecule has 0 saturated carbocycles. The number of hydrogen-bond donors (Lipinski definition) is 0. The summed E-state index contributed by atoms with van der Waals surface area (Å²) < 4.78 is 6.72. The fraction of sp³-hybridized carbons (Fsp3) is 0.0800. The fourth-order valence-electron chi connectivity index (χ4n) is 3.83. The van der Waals surface area contributed by atoms with Crippen molar-refractivity contribution in [1.29, 1.82) is 0 Å². The Bertz CT molecular complexity index is 1110. The van der Waals surface area contributed by atoms with Crippen molar-refractivity contribution in [2.24, 2.45) is 0 Å². The zero-order valence-corrected chi connectivity index (χ0v) is 15.1. The fourth-order valence-corrected chi connectivity index (χ4v) is 3.83. The highest BCUT2D eigenvalue weighted by Gasteiger charge is 2.37. The maximum atomic E-state index is 6.72. The number of ether oxygens (including phenoxy) is 1. The van der Waals surface area contributed by atoms with Crippen LogP contribution in [-0.4, -0.2) is 4.98 Å². The van der Waals surface area contributed by atoms with Crippen LogP contribution in [0, 0.1) is 6.92 Å². The molecule has 0 saturated heterocycles. The Balaban J connectivity index is 1.73. The number of hydrogen-bond acceptors (Lipinski definition) is 2. The van der Waals surface area contributed by atoms with E-state index in [1.54, 1.807) is 0 Å². The molecule has 0 fully saturated rings. The van der Waals surface area contributed by atoms with E-state index < -0.39 is 5.60 Å². The van der Waals surface area contributed by atoms with Gasteiger partial charge >= 0.3 is 0 Å². The average molecular weight is 349 g/mol. The molecule has 2 heterocycles. The number of fused-ring (bicyclic) bond motifs is 3. The summed E-state index contributed by atoms with van der Waals surface area (Å²) in [5.74, 6) is 0.878. The molecule has 1 aromatic heterocycles. The molecular formula is C25H19NO. The highest BCUT2D eigenvalue weighted by Crippen LogP contribution is 2.43. The summed E-state index contributed by atoms with van der Waals surface area (Å²) in [6, 6.07) is 29.0. The van der Waals surface area contributed by atoms with Crippen molar-refractivity contribution in [3.8, 4) is 5.75 Å². The molecule has 5 rings (SSSR count). The van der Waals surface area contributed by atoms with E-state index >= 15 is 0 Å². The third-order valence-electron chi connectivity index (χ3n) is 5.17. The van der Waals surface area contributed by atoms with Crippen LogP contribution in [0.15, 0.2) is 91.0 Å². The number of rotatable bonds is 2. The lowest BCUT2D eigenvalue weighted by atomic mass is 9.83. The Hall–Kier alpha value is -3.39. The van der Waals surface area contributed by atoms with E-state index in [0.717, 1.165) is 39.0 Å². The third kappa shape index (κ3) is 2.53. The molecule has 0 atom stereocenters. The first-order valence-corrected chi connectivity index (χ1v) is 9.16. The first kappa shape index (κ1) is 15.8. The first-order chi connectivity index (χ1) is 13.3. The zero-order valence-electron chi connectivity index (χ0n) is 15.1. The van der Waals surface area contributed by atoms with Crippen LogP contribution in [0.5, 0.6) is 5.75 Å². The summed E-state index contributed by atoms with van der Waals surface area (Å²) >= 11 is 0. The van der Waals surface area contributed by atoms with E-state index in [-0.39, 0.29) is 0 Å². The van der Waals surface area contributed by atoms with Crippen LogP contribution < -0.4 is 4.74 Å². The largest absolute Gasteiger partial charge is 0.473 e. The van der Waals surface area contributed by atoms with Crippen LogP contribution in [0.3, 0.4) is 0 Å². The zero-order chi connectivity index (χ0) is 18.3. The molecule has 0 unspecified atom stereocenters. The number of aryl methyl sites for hydroxylation is 1. The van der Waals surface area contributed by atoms with Crippen molar-refractivity contribution in [1.82, 2.24) is 4.98 Å². The lowest BCUT2D eigenvalue weighted by Gasteiger charge is -2.36. The molecule has 0 N–H and O–H groups in total. The Morgan fingerprint density at radius 1 is 0.741 bits per heavy atom. The molecule has 130 valence electrons. The van der Waals surface area contributed by atoms with Crippen molar-refractivity contribution in [3.63, 3.8) is 0 Å². The second-order valence-corrected chi connectivity index (χ2v) is 6.90. The number of aromatic nitrogens is 1. The highest BCUT2D eigenvalue weighted by atomic mass is 16.5. The predicted molar refractivity (Wildman–Crippen MR) is 110 cm³/mol. The van der Waals surface area contributed by atoms with Gasteiger partial charge in [0.15, 0.2) is 5.60 Å². The third-order valence-corrected chi connectivity index (χ3v) is 5.17. The number of nitrogens with zero attached hydrogens (tertiary/aromatic N) is 1. The minimum atomic E-state index is -0.638. The van der Waals surface area contributed by atoms with Crippen molar-refractivity contribution in [2.45, 2.75) is 12.5 Å². The Morgan fingerprint density at radius 3 is 2.07 bits per heavy atom. The lowest BCUT2D eigenvalue weighted by molar-refractivity contribution is 0.161. The van der Waals surface area contributed by atoms with Gasteiger partial charge in [0.1, 0.15) is 5.75 Å². The van der Waals surface area contributed by atoms with Crippen LogP contribution in [0.1, 0.15) is 22.4 Å². The Kier molecular flexibility index (Phi) is 3.58. The molecule has 0 bridgehead atoms. The Labute approximate surface area is 158 Å². The second kappa shape index (κ2) is 6.10. The first-order valence-electron chi connectivity index (χ1n) is 9.16. The van der Waals surface area contributed by atoms with Gasteiger partial charge in [0.05, 0.1) is 5.52 Å². The molecule has 0 amide bonds. The van der Waals surface area contributed by atoms with Gasteiger partial charge < -0.3 is 4.74 Å². The summed E-state index contributed by atoms with van der Waals surface area (Å²) in [5, 5.41) is 1.11. The van der Waals surface area contributed by atoms with Crippen LogP contribution in [0.25, 0.3) is 17.0 Å². The number of benzene rings is 3. The summed E-state index contributed by atoms with van der Waals surface area (Å²) in [6.07, 6.45) is 4.34. The van der Waals surface area contributed by atoms with Crippen LogP contribution in [-0.2, 0) is 5.60 Å². The average Bonchev–Trinajstić information content (AvgIpc) is 2.74. The smallest absolute Gasteiger partial charge is 0.178 e. The van der Waals surface area contributed by atoms with Gasteiger partial charge in [-0.25, -0.2) is 0 Å².